The van der Waals surface area contributed by atoms with E-state index in [4.69, 9.17) is 0 Å². The fourth-order valence-corrected chi connectivity index (χ4v) is 1.39. The third-order valence-corrected chi connectivity index (χ3v) is 2.23. The molecular weight excluding hydrogens is 489 g/mol. The number of benzene rings is 1. The molecule has 0 aliphatic rings. The second kappa shape index (κ2) is 6.81. The molecule has 0 saturated carbocycles. The van der Waals surface area contributed by atoms with E-state index in [1.165, 1.54) is 0 Å². The molecular formula is C7H5N5O8Pb. The van der Waals surface area contributed by atoms with Crippen LogP contribution in [0.1, 0.15) is 0 Å². The number of nitrogens with zero attached hydrogens (tertiary/aromatic N) is 5. The summed E-state index contributed by atoms with van der Waals surface area (Å²) in [5, 5.41) is 41.7. The predicted molar refractivity (Wildman–Crippen MR) is 67.6 cm³/mol. The Bertz CT molecular complexity index is 598. The molecule has 1 aromatic carbocycles. The number of nitro groups is 4. The molecule has 0 aliphatic carbocycles. The summed E-state index contributed by atoms with van der Waals surface area (Å²) >= 11 is 0. The summed E-state index contributed by atoms with van der Waals surface area (Å²) in [6.07, 6.45) is 0. The van der Waals surface area contributed by atoms with Crippen molar-refractivity contribution in [3.63, 3.8) is 0 Å². The third kappa shape index (κ3) is 3.77. The van der Waals surface area contributed by atoms with Crippen molar-refractivity contribution >= 4 is 50.0 Å². The van der Waals surface area contributed by atoms with Crippen molar-refractivity contribution in [2.24, 2.45) is 0 Å². The first kappa shape index (κ1) is 18.5. The van der Waals surface area contributed by atoms with Crippen LogP contribution < -0.4 is 5.01 Å². The van der Waals surface area contributed by atoms with Gasteiger partial charge in [0.1, 0.15) is 0 Å². The van der Waals surface area contributed by atoms with Crippen molar-refractivity contribution in [1.29, 1.82) is 0 Å². The van der Waals surface area contributed by atoms with Crippen LogP contribution in [-0.4, -0.2) is 54.1 Å². The number of anilines is 1. The van der Waals surface area contributed by atoms with Crippen molar-refractivity contribution in [3.05, 3.63) is 52.6 Å². The number of hydrazine groups is 1. The van der Waals surface area contributed by atoms with Crippen LogP contribution in [0, 0.1) is 40.5 Å². The summed E-state index contributed by atoms with van der Waals surface area (Å²) in [6.45, 7) is 0. The Morgan fingerprint density at radius 1 is 0.857 bits per heavy atom. The van der Waals surface area contributed by atoms with Crippen molar-refractivity contribution in [3.8, 4) is 0 Å². The van der Waals surface area contributed by atoms with Crippen LogP contribution in [0.2, 0.25) is 0 Å². The van der Waals surface area contributed by atoms with E-state index in [2.05, 4.69) is 0 Å². The smallest absolute Gasteiger partial charge is 0.258 e. The minimum atomic E-state index is -1.17. The average molecular weight is 494 g/mol. The van der Waals surface area contributed by atoms with Gasteiger partial charge in [0.05, 0.1) is 34.0 Å². The van der Waals surface area contributed by atoms with Gasteiger partial charge in [-0.05, 0) is 0 Å². The monoisotopic (exact) mass is 495 g/mol. The Morgan fingerprint density at radius 2 is 1.24 bits per heavy atom. The Labute approximate surface area is 134 Å². The van der Waals surface area contributed by atoms with Crippen molar-refractivity contribution in [2.45, 2.75) is 0 Å². The van der Waals surface area contributed by atoms with Gasteiger partial charge in [-0.25, -0.2) is 10.1 Å². The van der Waals surface area contributed by atoms with Gasteiger partial charge in [-0.1, -0.05) is 5.01 Å². The second-order valence-corrected chi connectivity index (χ2v) is 3.37. The van der Waals surface area contributed by atoms with E-state index in [0.29, 0.717) is 12.1 Å². The molecule has 21 heavy (non-hydrogen) atoms. The van der Waals surface area contributed by atoms with Crippen LogP contribution in [0.15, 0.2) is 12.1 Å². The van der Waals surface area contributed by atoms with Crippen LogP contribution in [0.4, 0.5) is 22.7 Å². The van der Waals surface area contributed by atoms with E-state index in [0.717, 1.165) is 7.05 Å². The van der Waals surface area contributed by atoms with Gasteiger partial charge in [0, 0.05) is 27.3 Å². The van der Waals surface area contributed by atoms with E-state index < -0.39 is 42.6 Å². The molecule has 0 N–H and O–H groups in total. The molecule has 110 valence electrons. The SMILES string of the molecule is CN(c1c([N+](=O)[O-])cc([N+](=O)[O-])cc1[N+](=O)[O-])[N+](=O)[O-].[Pb]. The molecule has 0 atom stereocenters. The van der Waals surface area contributed by atoms with Crippen LogP contribution in [0.25, 0.3) is 0 Å². The standard InChI is InChI=1S/C7H5N5O8.Pb/c1-8(12(19)20)7-5(10(15)16)2-4(9(13)14)3-6(7)11(17)18;/h2-3H,1H3;. The summed E-state index contributed by atoms with van der Waals surface area (Å²) in [7, 11) is 0.751. The minimum absolute atomic E-state index is 0. The summed E-state index contributed by atoms with van der Waals surface area (Å²) in [4.78, 5) is 39.4. The van der Waals surface area contributed by atoms with Gasteiger partial charge in [0.2, 0.25) is 0 Å². The molecule has 1 rings (SSSR count). The van der Waals surface area contributed by atoms with Crippen LogP contribution in [-0.2, 0) is 0 Å². The summed E-state index contributed by atoms with van der Waals surface area (Å²) < 4.78 is 0. The maximum Gasteiger partial charge on any atom is 0.312 e. The number of nitro benzene ring substituents is 3. The zero-order valence-corrected chi connectivity index (χ0v) is 14.0. The number of rotatable bonds is 5. The number of hydrogen-bond acceptors (Lipinski definition) is 8. The van der Waals surface area contributed by atoms with E-state index >= 15 is 0 Å². The van der Waals surface area contributed by atoms with Gasteiger partial charge in [0.25, 0.3) is 11.4 Å². The molecule has 0 saturated heterocycles. The molecule has 0 amide bonds. The Hall–Kier alpha value is -2.46. The van der Waals surface area contributed by atoms with Gasteiger partial charge >= 0.3 is 11.4 Å². The van der Waals surface area contributed by atoms with Crippen molar-refractivity contribution in [1.82, 2.24) is 0 Å². The fourth-order valence-electron chi connectivity index (χ4n) is 1.39. The summed E-state index contributed by atoms with van der Waals surface area (Å²) in [5.74, 6) is 0. The quantitative estimate of drug-likeness (QED) is 0.323. The molecule has 0 aromatic heterocycles. The number of non-ortho nitro benzene ring substituents is 1. The zero-order valence-electron chi connectivity index (χ0n) is 10.2. The first-order valence-corrected chi connectivity index (χ1v) is 4.66. The summed E-state index contributed by atoms with van der Waals surface area (Å²) in [5.41, 5.74) is -4.07. The number of hydrogen-bond donors (Lipinski definition) is 0. The third-order valence-electron chi connectivity index (χ3n) is 2.23. The van der Waals surface area contributed by atoms with Crippen LogP contribution in [0.5, 0.6) is 0 Å². The van der Waals surface area contributed by atoms with E-state index in [1.54, 1.807) is 0 Å². The maximum atomic E-state index is 10.8. The molecule has 0 spiro atoms. The van der Waals surface area contributed by atoms with Gasteiger partial charge in [-0.15, -0.1) is 0 Å². The topological polar surface area (TPSA) is 176 Å². The van der Waals surface area contributed by atoms with Crippen LogP contribution >= 0.6 is 0 Å². The zero-order chi connectivity index (χ0) is 15.6. The first-order chi connectivity index (χ1) is 9.16. The van der Waals surface area contributed by atoms with Gasteiger partial charge < -0.3 is 0 Å². The molecule has 0 unspecified atom stereocenters. The van der Waals surface area contributed by atoms with Gasteiger partial charge in [-0.2, -0.15) is 0 Å². The molecule has 0 heterocycles. The Morgan fingerprint density at radius 3 is 1.48 bits per heavy atom. The Kier molecular flexibility index (Phi) is 6.02. The second-order valence-electron chi connectivity index (χ2n) is 3.37. The largest absolute Gasteiger partial charge is 0.312 e. The van der Waals surface area contributed by atoms with Gasteiger partial charge in [0.15, 0.2) is 5.03 Å². The molecule has 0 bridgehead atoms. The van der Waals surface area contributed by atoms with E-state index in [1.807, 2.05) is 0 Å². The predicted octanol–water partition coefficient (Wildman–Crippen LogP) is 0.658. The van der Waals surface area contributed by atoms with Crippen molar-refractivity contribution < 1.29 is 19.8 Å². The van der Waals surface area contributed by atoms with Gasteiger partial charge in [-0.3, -0.25) is 30.3 Å². The molecule has 1 aromatic rings. The van der Waals surface area contributed by atoms with Crippen molar-refractivity contribution in [2.75, 3.05) is 12.1 Å². The fraction of sp³-hybridized carbons (Fsp3) is 0.143. The van der Waals surface area contributed by atoms with E-state index in [-0.39, 0.29) is 32.3 Å². The minimum Gasteiger partial charge on any atom is -0.258 e. The molecule has 13 nitrogen and oxygen atoms in total. The molecule has 0 aliphatic heterocycles. The molecule has 0 fully saturated rings. The van der Waals surface area contributed by atoms with Crippen LogP contribution in [0.3, 0.4) is 0 Å². The summed E-state index contributed by atoms with van der Waals surface area (Å²) in [6, 6.07) is 0.838. The average Bonchev–Trinajstić information content (AvgIpc) is 2.35. The van der Waals surface area contributed by atoms with E-state index in [9.17, 15) is 40.5 Å². The normalized spacial score (nSPS) is 9.38. The molecule has 14 heteroatoms. The Balaban J connectivity index is 0.00000400. The maximum absolute atomic E-state index is 10.8. The first-order valence-electron chi connectivity index (χ1n) is 4.66. The molecule has 4 radical (unpaired) electrons.